The van der Waals surface area contributed by atoms with Crippen LogP contribution in [0.2, 0.25) is 0 Å². The zero-order valence-corrected chi connectivity index (χ0v) is 18.9. The maximum absolute atomic E-state index is 2.39. The standard InChI is InChI=1S/C24H21N2S.HI/c1-3-26-20-9-5-4-8-18(20)19-16-17(12-14-21(19)26)13-15-24-25(2)22-10-6-7-11-23(22)27-24;/h4-16H,3H2,1-2H3;1H/q+1;/p-1. The molecule has 28 heavy (non-hydrogen) atoms. The molecule has 0 N–H and O–H groups in total. The van der Waals surface area contributed by atoms with Crippen molar-refractivity contribution in [3.05, 3.63) is 77.3 Å². The number of fused-ring (bicyclic) bond motifs is 4. The highest BCUT2D eigenvalue weighted by Crippen LogP contribution is 2.30. The second-order valence-electron chi connectivity index (χ2n) is 6.84. The fourth-order valence-electron chi connectivity index (χ4n) is 3.95. The number of benzene rings is 3. The Kier molecular flexibility index (Phi) is 5.25. The van der Waals surface area contributed by atoms with Crippen molar-refractivity contribution in [2.45, 2.75) is 13.5 Å². The zero-order valence-electron chi connectivity index (χ0n) is 15.9. The molecule has 0 aliphatic carbocycles. The summed E-state index contributed by atoms with van der Waals surface area (Å²) in [5, 5.41) is 3.92. The van der Waals surface area contributed by atoms with E-state index in [0.29, 0.717) is 0 Å². The van der Waals surface area contributed by atoms with E-state index >= 15 is 0 Å². The maximum Gasteiger partial charge on any atom is 0.262 e. The number of aryl methyl sites for hydroxylation is 2. The van der Waals surface area contributed by atoms with E-state index in [1.165, 1.54) is 42.6 Å². The highest BCUT2D eigenvalue weighted by atomic mass is 127. The van der Waals surface area contributed by atoms with Crippen molar-refractivity contribution in [3.8, 4) is 0 Å². The van der Waals surface area contributed by atoms with Gasteiger partial charge >= 0.3 is 0 Å². The molecule has 0 saturated heterocycles. The molecule has 0 saturated carbocycles. The van der Waals surface area contributed by atoms with Crippen molar-refractivity contribution >= 4 is 55.5 Å². The molecule has 2 heterocycles. The van der Waals surface area contributed by atoms with Crippen molar-refractivity contribution in [1.82, 2.24) is 4.57 Å². The van der Waals surface area contributed by atoms with Crippen LogP contribution >= 0.6 is 11.3 Å². The van der Waals surface area contributed by atoms with Crippen molar-refractivity contribution in [3.63, 3.8) is 0 Å². The van der Waals surface area contributed by atoms with E-state index in [4.69, 9.17) is 0 Å². The van der Waals surface area contributed by atoms with E-state index in [-0.39, 0.29) is 24.0 Å². The first-order valence-corrected chi connectivity index (χ1v) is 10.1. The lowest BCUT2D eigenvalue weighted by molar-refractivity contribution is -0.642. The lowest BCUT2D eigenvalue weighted by atomic mass is 10.1. The number of para-hydroxylation sites is 2. The summed E-state index contributed by atoms with van der Waals surface area (Å²) < 4.78 is 5.98. The Morgan fingerprint density at radius 3 is 2.46 bits per heavy atom. The van der Waals surface area contributed by atoms with Crippen LogP contribution in [-0.4, -0.2) is 4.57 Å². The van der Waals surface area contributed by atoms with Crippen LogP contribution in [0.1, 0.15) is 17.5 Å². The van der Waals surface area contributed by atoms with Crippen LogP contribution in [0.25, 0.3) is 44.2 Å². The third-order valence-electron chi connectivity index (χ3n) is 5.30. The van der Waals surface area contributed by atoms with Gasteiger partial charge in [-0.25, -0.2) is 0 Å². The number of aromatic nitrogens is 2. The molecule has 0 atom stereocenters. The van der Waals surface area contributed by atoms with E-state index in [1.54, 1.807) is 0 Å². The van der Waals surface area contributed by atoms with E-state index in [9.17, 15) is 0 Å². The molecule has 0 unspecified atom stereocenters. The molecule has 0 radical (unpaired) electrons. The molecule has 5 rings (SSSR count). The minimum absolute atomic E-state index is 0. The van der Waals surface area contributed by atoms with Gasteiger partial charge in [0, 0.05) is 40.5 Å². The van der Waals surface area contributed by atoms with Crippen molar-refractivity contribution in [2.75, 3.05) is 0 Å². The summed E-state index contributed by atoms with van der Waals surface area (Å²) in [7, 11) is 2.14. The SMILES string of the molecule is CCn1c2ccccc2c2cc(/C=C/c3sc4ccccc4[n+]3C)ccc21.[I-]. The molecule has 3 aromatic carbocycles. The molecule has 0 bridgehead atoms. The predicted molar refractivity (Wildman–Crippen MR) is 117 cm³/mol. The Labute approximate surface area is 185 Å². The van der Waals surface area contributed by atoms with Crippen LogP contribution in [0.15, 0.2) is 66.7 Å². The molecule has 4 heteroatoms. The maximum atomic E-state index is 2.39. The largest absolute Gasteiger partial charge is 1.00 e. The highest BCUT2D eigenvalue weighted by Gasteiger charge is 2.13. The Bertz CT molecular complexity index is 1330. The predicted octanol–water partition coefficient (Wildman–Crippen LogP) is 3.03. The average Bonchev–Trinajstić information content (AvgIpc) is 3.21. The summed E-state index contributed by atoms with van der Waals surface area (Å²) in [4.78, 5) is 0. The minimum Gasteiger partial charge on any atom is -1.00 e. The summed E-state index contributed by atoms with van der Waals surface area (Å²) in [6.07, 6.45) is 4.45. The minimum atomic E-state index is 0. The smallest absolute Gasteiger partial charge is 0.262 e. The summed E-state index contributed by atoms with van der Waals surface area (Å²) in [6.45, 7) is 3.19. The van der Waals surface area contributed by atoms with E-state index in [1.807, 2.05) is 11.3 Å². The number of hydrogen-bond acceptors (Lipinski definition) is 1. The molecule has 0 spiro atoms. The summed E-state index contributed by atoms with van der Waals surface area (Å²) in [6, 6.07) is 24.0. The number of hydrogen-bond donors (Lipinski definition) is 0. The van der Waals surface area contributed by atoms with Crippen LogP contribution in [-0.2, 0) is 13.6 Å². The highest BCUT2D eigenvalue weighted by molar-refractivity contribution is 7.18. The molecular formula is C24H21IN2S. The third kappa shape index (κ3) is 3.05. The van der Waals surface area contributed by atoms with Gasteiger partial charge in [-0.1, -0.05) is 47.7 Å². The van der Waals surface area contributed by atoms with Gasteiger partial charge < -0.3 is 28.5 Å². The first-order valence-electron chi connectivity index (χ1n) is 9.33. The molecule has 0 aliphatic heterocycles. The first kappa shape index (κ1) is 19.2. The lowest BCUT2D eigenvalue weighted by Crippen LogP contribution is -3.00. The second kappa shape index (κ2) is 7.68. The molecule has 2 aromatic heterocycles. The van der Waals surface area contributed by atoms with Gasteiger partial charge in [-0.15, -0.1) is 0 Å². The molecule has 0 aliphatic rings. The van der Waals surface area contributed by atoms with Gasteiger partial charge in [0.25, 0.3) is 5.01 Å². The normalized spacial score (nSPS) is 11.6. The van der Waals surface area contributed by atoms with Gasteiger partial charge in [-0.2, -0.15) is 4.57 Å². The van der Waals surface area contributed by atoms with Crippen molar-refractivity contribution < 1.29 is 28.5 Å². The van der Waals surface area contributed by atoms with E-state index in [2.05, 4.69) is 102 Å². The Morgan fingerprint density at radius 1 is 0.893 bits per heavy atom. The first-order chi connectivity index (χ1) is 13.3. The summed E-state index contributed by atoms with van der Waals surface area (Å²) >= 11 is 1.83. The van der Waals surface area contributed by atoms with E-state index < -0.39 is 0 Å². The fraction of sp³-hybridized carbons (Fsp3) is 0.125. The number of halogens is 1. The van der Waals surface area contributed by atoms with Gasteiger partial charge in [0.1, 0.15) is 11.7 Å². The fourth-order valence-corrected chi connectivity index (χ4v) is 5.00. The van der Waals surface area contributed by atoms with Gasteiger partial charge in [-0.3, -0.25) is 0 Å². The van der Waals surface area contributed by atoms with E-state index in [0.717, 1.165) is 6.54 Å². The van der Waals surface area contributed by atoms with Gasteiger partial charge in [-0.05, 0) is 42.8 Å². The average molecular weight is 496 g/mol. The number of thiazole rings is 1. The zero-order chi connectivity index (χ0) is 18.4. The van der Waals surface area contributed by atoms with Crippen LogP contribution in [0.5, 0.6) is 0 Å². The second-order valence-corrected chi connectivity index (χ2v) is 7.90. The quantitative estimate of drug-likeness (QED) is 0.268. The molecule has 5 aromatic rings. The number of rotatable bonds is 3. The molecule has 0 fully saturated rings. The van der Waals surface area contributed by atoms with Crippen molar-refractivity contribution in [2.24, 2.45) is 7.05 Å². The van der Waals surface area contributed by atoms with Crippen LogP contribution in [0.4, 0.5) is 0 Å². The molecule has 2 nitrogen and oxygen atoms in total. The Morgan fingerprint density at radius 2 is 1.64 bits per heavy atom. The van der Waals surface area contributed by atoms with Crippen LogP contribution in [0, 0.1) is 0 Å². The molecule has 0 amide bonds. The Balaban J connectivity index is 0.00000192. The lowest BCUT2D eigenvalue weighted by Gasteiger charge is -2.02. The van der Waals surface area contributed by atoms with Crippen LogP contribution < -0.4 is 28.5 Å². The van der Waals surface area contributed by atoms with Crippen molar-refractivity contribution in [1.29, 1.82) is 0 Å². The van der Waals surface area contributed by atoms with Gasteiger partial charge in [0.15, 0.2) is 0 Å². The molecular weight excluding hydrogens is 475 g/mol. The van der Waals surface area contributed by atoms with Gasteiger partial charge in [0.2, 0.25) is 5.52 Å². The topological polar surface area (TPSA) is 8.81 Å². The Hall–Kier alpha value is -2.18. The summed E-state index contributed by atoms with van der Waals surface area (Å²) in [5.41, 5.74) is 5.14. The van der Waals surface area contributed by atoms with Gasteiger partial charge in [0.05, 0.1) is 0 Å². The van der Waals surface area contributed by atoms with Crippen LogP contribution in [0.3, 0.4) is 0 Å². The monoisotopic (exact) mass is 496 g/mol. The third-order valence-corrected chi connectivity index (χ3v) is 6.49. The summed E-state index contributed by atoms with van der Waals surface area (Å²) in [5.74, 6) is 0. The number of nitrogens with zero attached hydrogens (tertiary/aromatic N) is 2. The molecule has 140 valence electrons.